The zero-order valence-corrected chi connectivity index (χ0v) is 31.7. The lowest BCUT2D eigenvalue weighted by Crippen LogP contribution is -2.53. The van der Waals surface area contributed by atoms with E-state index in [9.17, 15) is 45.8 Å². The molecule has 8 rings (SSSR count). The number of ether oxygens (including phenoxy) is 1. The molecule has 4 aromatic rings. The number of phenols is 1. The highest BCUT2D eigenvalue weighted by atomic mass is 79.9. The second-order valence-corrected chi connectivity index (χ2v) is 15.7. The van der Waals surface area contributed by atoms with Gasteiger partial charge in [0.2, 0.25) is 23.6 Å². The van der Waals surface area contributed by atoms with Gasteiger partial charge in [-0.3, -0.25) is 19.2 Å². The number of phenolic OH excluding ortho intramolecular Hbond substituents is 1. The molecule has 2 aliphatic heterocycles. The Kier molecular flexibility index (Phi) is 9.15. The van der Waals surface area contributed by atoms with Crippen LogP contribution in [0.1, 0.15) is 41.0 Å². The number of rotatable bonds is 5. The fourth-order valence-electron chi connectivity index (χ4n) is 9.36. The van der Waals surface area contributed by atoms with Crippen LogP contribution in [0.3, 0.4) is 0 Å². The fourth-order valence-corrected chi connectivity index (χ4v) is 10.0. The van der Waals surface area contributed by atoms with Gasteiger partial charge in [0, 0.05) is 10.9 Å². The Morgan fingerprint density at radius 1 is 0.789 bits per heavy atom. The number of carbonyl (C=O) groups excluding carboxylic acids is 4. The molecule has 4 aromatic carbocycles. The van der Waals surface area contributed by atoms with Crippen molar-refractivity contribution >= 4 is 62.5 Å². The zero-order chi connectivity index (χ0) is 40.9. The van der Waals surface area contributed by atoms with E-state index in [1.807, 2.05) is 0 Å². The number of halogens is 8. The summed E-state index contributed by atoms with van der Waals surface area (Å²) in [6, 6.07) is 18.3. The fraction of sp³-hybridized carbons (Fsp3) is 0.268. The number of imide groups is 2. The van der Waals surface area contributed by atoms with E-state index in [1.54, 1.807) is 54.6 Å². The van der Waals surface area contributed by atoms with Gasteiger partial charge in [-0.15, -0.1) is 0 Å². The second kappa shape index (κ2) is 13.5. The van der Waals surface area contributed by atoms with E-state index in [0.717, 1.165) is 4.90 Å². The Morgan fingerprint density at radius 2 is 1.46 bits per heavy atom. The number of hydrogen-bond donors (Lipinski definition) is 1. The third kappa shape index (κ3) is 5.86. The van der Waals surface area contributed by atoms with Crippen LogP contribution in [0.15, 0.2) is 101 Å². The number of carbonyl (C=O) groups is 4. The number of alkyl halides is 6. The summed E-state index contributed by atoms with van der Waals surface area (Å²) in [7, 11) is 1.32. The number of amides is 4. The van der Waals surface area contributed by atoms with E-state index in [2.05, 4.69) is 15.9 Å². The summed E-state index contributed by atoms with van der Waals surface area (Å²) in [6.07, 6.45) is -9.17. The van der Waals surface area contributed by atoms with Crippen molar-refractivity contribution in [1.82, 2.24) is 0 Å². The van der Waals surface area contributed by atoms with Gasteiger partial charge < -0.3 is 9.84 Å². The number of anilines is 2. The minimum Gasteiger partial charge on any atom is -0.503 e. The highest BCUT2D eigenvalue weighted by molar-refractivity contribution is 9.10. The number of allylic oxidation sites excluding steroid dienone is 2. The second-order valence-electron chi connectivity index (χ2n) is 14.4. The quantitative estimate of drug-likeness (QED) is 0.122. The Bertz CT molecular complexity index is 2390. The molecule has 4 amide bonds. The maximum Gasteiger partial charge on any atom is 0.416 e. The Balaban J connectivity index is 1.35. The third-order valence-electron chi connectivity index (χ3n) is 11.6. The summed E-state index contributed by atoms with van der Waals surface area (Å²) in [5, 5.41) is 11.1. The average Bonchev–Trinajstić information content (AvgIpc) is 3.56. The van der Waals surface area contributed by atoms with Crippen molar-refractivity contribution in [2.24, 2.45) is 23.7 Å². The predicted octanol–water partition coefficient (Wildman–Crippen LogP) is 9.22. The molecule has 294 valence electrons. The molecule has 2 aliphatic carbocycles. The molecule has 4 aliphatic rings. The van der Waals surface area contributed by atoms with Crippen LogP contribution in [-0.4, -0.2) is 35.8 Å². The lowest BCUT2D eigenvalue weighted by molar-refractivity contribution is -0.143. The van der Waals surface area contributed by atoms with Crippen molar-refractivity contribution < 1.29 is 55.4 Å². The molecule has 8 nitrogen and oxygen atoms in total. The van der Waals surface area contributed by atoms with E-state index in [0.29, 0.717) is 33.7 Å². The Labute approximate surface area is 333 Å². The van der Waals surface area contributed by atoms with Gasteiger partial charge in [-0.25, -0.2) is 9.80 Å². The van der Waals surface area contributed by atoms with Crippen LogP contribution in [0.2, 0.25) is 5.02 Å². The highest BCUT2D eigenvalue weighted by Crippen LogP contribution is 2.65. The average molecular weight is 874 g/mol. The number of hydrogen-bond acceptors (Lipinski definition) is 6. The van der Waals surface area contributed by atoms with Gasteiger partial charge in [-0.2, -0.15) is 26.3 Å². The summed E-state index contributed by atoms with van der Waals surface area (Å²) in [5.41, 5.74) is -4.57. The van der Waals surface area contributed by atoms with Crippen molar-refractivity contribution in [3.63, 3.8) is 0 Å². The van der Waals surface area contributed by atoms with Crippen molar-refractivity contribution in [3.8, 4) is 11.5 Å². The lowest BCUT2D eigenvalue weighted by atomic mass is 9.49. The van der Waals surface area contributed by atoms with Crippen molar-refractivity contribution in [1.29, 1.82) is 0 Å². The molecule has 0 radical (unpaired) electrons. The first-order valence-electron chi connectivity index (χ1n) is 17.5. The van der Waals surface area contributed by atoms with E-state index in [-0.39, 0.29) is 45.6 Å². The van der Waals surface area contributed by atoms with Gasteiger partial charge in [0.05, 0.1) is 57.3 Å². The molecule has 0 aromatic heterocycles. The molecule has 1 N–H and O–H groups in total. The van der Waals surface area contributed by atoms with E-state index in [1.165, 1.54) is 25.3 Å². The molecule has 3 fully saturated rings. The zero-order valence-electron chi connectivity index (χ0n) is 29.4. The third-order valence-corrected chi connectivity index (χ3v) is 12.4. The number of nitrogens with zero attached hydrogens (tertiary/aromatic N) is 2. The van der Waals surface area contributed by atoms with E-state index in [4.69, 9.17) is 16.3 Å². The molecule has 2 heterocycles. The summed E-state index contributed by atoms with van der Waals surface area (Å²) in [5.74, 6) is -9.42. The molecule has 2 saturated heterocycles. The van der Waals surface area contributed by atoms with Crippen molar-refractivity contribution in [3.05, 3.63) is 128 Å². The SMILES string of the molecule is COc1cc(C2C3=CCC4C(=O)N(c5cc(C(F)(F)F)cc(C(F)(F)F)c5)C(=O)C4C3CC3C(=O)N(c4cccc(Cl)c4)C(=O)C32c2ccccc2)cc(Br)c1O. The van der Waals surface area contributed by atoms with Crippen LogP contribution in [0, 0.1) is 23.7 Å². The summed E-state index contributed by atoms with van der Waals surface area (Å²) in [4.78, 5) is 60.4. The number of benzene rings is 4. The van der Waals surface area contributed by atoms with Gasteiger partial charge in [0.25, 0.3) is 0 Å². The lowest BCUT2D eigenvalue weighted by Gasteiger charge is -2.50. The minimum atomic E-state index is -5.25. The molecule has 16 heteroatoms. The standard InChI is InChI=1S/C41H28BrClF6N2O6/c1-57-31-13-19(12-30(42)34(31)52)33-26-10-11-27-32(37(55)50(35(27)53)25-15-21(40(44,45)46)14-22(16-25)41(47,48)49)28(26)18-29-36(54)51(24-9-5-8-23(43)17-24)38(56)39(29,33)20-6-3-2-4-7-20/h2-10,12-17,27-29,32-33,52H,11,18H2,1H3. The number of methoxy groups -OCH3 is 1. The monoisotopic (exact) mass is 872 g/mol. The van der Waals surface area contributed by atoms with Crippen LogP contribution in [0.25, 0.3) is 0 Å². The molecular formula is C41H28BrClF6N2O6. The van der Waals surface area contributed by atoms with Gasteiger partial charge in [0.1, 0.15) is 0 Å². The molecule has 6 atom stereocenters. The Morgan fingerprint density at radius 3 is 2.07 bits per heavy atom. The molecule has 6 unspecified atom stereocenters. The van der Waals surface area contributed by atoms with Gasteiger partial charge >= 0.3 is 12.4 Å². The Hall–Kier alpha value is -5.15. The van der Waals surface area contributed by atoms with Crippen LogP contribution >= 0.6 is 27.5 Å². The van der Waals surface area contributed by atoms with Crippen molar-refractivity contribution in [2.75, 3.05) is 16.9 Å². The van der Waals surface area contributed by atoms with Crippen LogP contribution in [0.4, 0.5) is 37.7 Å². The van der Waals surface area contributed by atoms with Crippen LogP contribution in [0.5, 0.6) is 11.5 Å². The van der Waals surface area contributed by atoms with Crippen LogP contribution in [-0.2, 0) is 36.9 Å². The van der Waals surface area contributed by atoms with Gasteiger partial charge in [-0.05, 0) is 94.3 Å². The highest BCUT2D eigenvalue weighted by Gasteiger charge is 2.70. The summed E-state index contributed by atoms with van der Waals surface area (Å²) in [6.45, 7) is 0. The number of aromatic hydroxyl groups is 1. The normalized spacial score (nSPS) is 26.0. The minimum absolute atomic E-state index is 0.00215. The van der Waals surface area contributed by atoms with Crippen LogP contribution < -0.4 is 14.5 Å². The van der Waals surface area contributed by atoms with E-state index < -0.39 is 87.8 Å². The molecule has 0 bridgehead atoms. The maximum absolute atomic E-state index is 15.4. The number of fused-ring (bicyclic) bond motifs is 4. The smallest absolute Gasteiger partial charge is 0.416 e. The largest absolute Gasteiger partial charge is 0.503 e. The van der Waals surface area contributed by atoms with Gasteiger partial charge in [-0.1, -0.05) is 59.6 Å². The molecular weight excluding hydrogens is 846 g/mol. The summed E-state index contributed by atoms with van der Waals surface area (Å²) >= 11 is 9.70. The predicted molar refractivity (Wildman–Crippen MR) is 197 cm³/mol. The first-order valence-corrected chi connectivity index (χ1v) is 18.7. The van der Waals surface area contributed by atoms with Gasteiger partial charge in [0.15, 0.2) is 11.5 Å². The summed E-state index contributed by atoms with van der Waals surface area (Å²) < 4.78 is 89.2. The molecule has 0 spiro atoms. The van der Waals surface area contributed by atoms with E-state index >= 15 is 4.79 Å². The topological polar surface area (TPSA) is 104 Å². The molecule has 57 heavy (non-hydrogen) atoms. The molecule has 1 saturated carbocycles. The van der Waals surface area contributed by atoms with Crippen molar-refractivity contribution in [2.45, 2.75) is 36.5 Å². The maximum atomic E-state index is 15.4. The first kappa shape index (κ1) is 38.7. The first-order chi connectivity index (χ1) is 26.9.